The first-order valence-electron chi connectivity index (χ1n) is 5.79. The van der Waals surface area contributed by atoms with Crippen molar-refractivity contribution in [1.82, 2.24) is 5.32 Å². The Bertz CT molecular complexity index is 378. The van der Waals surface area contributed by atoms with Gasteiger partial charge in [-0.1, -0.05) is 12.1 Å². The van der Waals surface area contributed by atoms with E-state index in [0.29, 0.717) is 6.04 Å². The Morgan fingerprint density at radius 2 is 2.19 bits per heavy atom. The van der Waals surface area contributed by atoms with Crippen LogP contribution in [-0.4, -0.2) is 32.8 Å². The summed E-state index contributed by atoms with van der Waals surface area (Å²) in [6, 6.07) is 6.69. The Kier molecular flexibility index (Phi) is 3.06. The van der Waals surface area contributed by atoms with Crippen LogP contribution in [0.25, 0.3) is 0 Å². The predicted octanol–water partition coefficient (Wildman–Crippen LogP) is 1.80. The van der Waals surface area contributed by atoms with Crippen LogP contribution < -0.4 is 15.0 Å². The van der Waals surface area contributed by atoms with Gasteiger partial charge < -0.3 is 15.0 Å². The fraction of sp³-hybridized carbons (Fsp3) is 0.538. The molecule has 1 aliphatic rings. The van der Waals surface area contributed by atoms with Crippen LogP contribution in [0.1, 0.15) is 12.5 Å². The van der Waals surface area contributed by atoms with E-state index in [1.165, 1.54) is 11.3 Å². The fourth-order valence-electron chi connectivity index (χ4n) is 2.20. The van der Waals surface area contributed by atoms with Crippen molar-refractivity contribution >= 4 is 5.69 Å². The highest BCUT2D eigenvalue weighted by molar-refractivity contribution is 5.63. The molecule has 16 heavy (non-hydrogen) atoms. The van der Waals surface area contributed by atoms with Crippen LogP contribution in [0, 0.1) is 6.92 Å². The summed E-state index contributed by atoms with van der Waals surface area (Å²) in [5.41, 5.74) is 2.40. The number of rotatable bonds is 2. The lowest BCUT2D eigenvalue weighted by Gasteiger charge is -2.40. The number of nitrogens with zero attached hydrogens (tertiary/aromatic N) is 1. The summed E-state index contributed by atoms with van der Waals surface area (Å²) in [6.07, 6.45) is 0.212. The molecule has 2 atom stereocenters. The molecule has 2 unspecified atom stereocenters. The molecule has 0 spiro atoms. The van der Waals surface area contributed by atoms with E-state index in [1.54, 1.807) is 0 Å². The highest BCUT2D eigenvalue weighted by Gasteiger charge is 2.30. The van der Waals surface area contributed by atoms with Gasteiger partial charge in [0, 0.05) is 13.6 Å². The first-order valence-corrected chi connectivity index (χ1v) is 5.79. The number of anilines is 1. The molecule has 0 saturated carbocycles. The summed E-state index contributed by atoms with van der Waals surface area (Å²) < 4.78 is 6.08. The van der Waals surface area contributed by atoms with Crippen molar-refractivity contribution in [2.75, 3.05) is 25.5 Å². The zero-order chi connectivity index (χ0) is 11.7. The monoisotopic (exact) mass is 220 g/mol. The molecule has 1 aliphatic heterocycles. The van der Waals surface area contributed by atoms with Crippen molar-refractivity contribution in [2.24, 2.45) is 0 Å². The zero-order valence-electron chi connectivity index (χ0n) is 10.4. The van der Waals surface area contributed by atoms with Gasteiger partial charge in [0.25, 0.3) is 0 Å². The molecule has 0 aromatic heterocycles. The van der Waals surface area contributed by atoms with Crippen molar-refractivity contribution in [3.05, 3.63) is 23.8 Å². The molecule has 1 N–H and O–H groups in total. The molecule has 0 amide bonds. The number of nitrogens with one attached hydrogen (secondary N) is 1. The fourth-order valence-corrected chi connectivity index (χ4v) is 2.20. The molecule has 0 radical (unpaired) electrons. The lowest BCUT2D eigenvalue weighted by molar-refractivity contribution is 0.159. The second-order valence-electron chi connectivity index (χ2n) is 4.49. The largest absolute Gasteiger partial charge is 0.485 e. The maximum absolute atomic E-state index is 6.08. The average molecular weight is 220 g/mol. The van der Waals surface area contributed by atoms with E-state index in [9.17, 15) is 0 Å². The smallest absolute Gasteiger partial charge is 0.146 e. The van der Waals surface area contributed by atoms with Crippen LogP contribution in [0.4, 0.5) is 5.69 Å². The molecule has 0 saturated heterocycles. The van der Waals surface area contributed by atoms with Gasteiger partial charge in [0.1, 0.15) is 11.9 Å². The summed E-state index contributed by atoms with van der Waals surface area (Å²) in [7, 11) is 4.09. The highest BCUT2D eigenvalue weighted by Crippen LogP contribution is 2.37. The molecular formula is C13H20N2O. The van der Waals surface area contributed by atoms with Crippen molar-refractivity contribution in [3.63, 3.8) is 0 Å². The number of likely N-dealkylation sites (N-methyl/N-ethyl adjacent to an activating group) is 2. The van der Waals surface area contributed by atoms with Crippen molar-refractivity contribution in [1.29, 1.82) is 0 Å². The van der Waals surface area contributed by atoms with Gasteiger partial charge in [0.05, 0.1) is 11.7 Å². The van der Waals surface area contributed by atoms with Gasteiger partial charge in [0.15, 0.2) is 0 Å². The molecule has 0 fully saturated rings. The van der Waals surface area contributed by atoms with Gasteiger partial charge in [-0.25, -0.2) is 0 Å². The van der Waals surface area contributed by atoms with Crippen LogP contribution >= 0.6 is 0 Å². The van der Waals surface area contributed by atoms with E-state index < -0.39 is 0 Å². The van der Waals surface area contributed by atoms with Crippen molar-refractivity contribution in [2.45, 2.75) is 26.0 Å². The van der Waals surface area contributed by atoms with Gasteiger partial charge in [-0.2, -0.15) is 0 Å². The summed E-state index contributed by atoms with van der Waals surface area (Å²) in [6.45, 7) is 5.17. The van der Waals surface area contributed by atoms with Gasteiger partial charge in [0.2, 0.25) is 0 Å². The van der Waals surface area contributed by atoms with Gasteiger partial charge >= 0.3 is 0 Å². The van der Waals surface area contributed by atoms with Gasteiger partial charge in [-0.3, -0.25) is 0 Å². The highest BCUT2D eigenvalue weighted by atomic mass is 16.5. The molecule has 0 bridgehead atoms. The number of fused-ring (bicyclic) bond motifs is 1. The third-order valence-electron chi connectivity index (χ3n) is 3.39. The van der Waals surface area contributed by atoms with Crippen LogP contribution in [0.2, 0.25) is 0 Å². The second kappa shape index (κ2) is 4.34. The average Bonchev–Trinajstić information content (AvgIpc) is 2.27. The maximum Gasteiger partial charge on any atom is 0.146 e. The number of aryl methyl sites for hydroxylation is 1. The molecule has 88 valence electrons. The van der Waals surface area contributed by atoms with E-state index in [2.05, 4.69) is 49.3 Å². The summed E-state index contributed by atoms with van der Waals surface area (Å²) in [5.74, 6) is 1.03. The van der Waals surface area contributed by atoms with E-state index in [1.807, 2.05) is 7.05 Å². The Balaban J connectivity index is 2.36. The number of ether oxygens (including phenoxy) is 1. The molecule has 0 aliphatic carbocycles. The van der Waals surface area contributed by atoms with E-state index in [0.717, 1.165) is 12.3 Å². The van der Waals surface area contributed by atoms with Gasteiger partial charge in [-0.15, -0.1) is 0 Å². The number of para-hydroxylation sites is 1. The molecule has 2 rings (SSSR count). The van der Waals surface area contributed by atoms with Gasteiger partial charge in [-0.05, 0) is 32.5 Å². The first kappa shape index (κ1) is 11.3. The minimum absolute atomic E-state index is 0.212. The summed E-state index contributed by atoms with van der Waals surface area (Å²) in [4.78, 5) is 2.30. The number of hydrogen-bond acceptors (Lipinski definition) is 3. The van der Waals surface area contributed by atoms with Crippen molar-refractivity contribution in [3.8, 4) is 5.75 Å². The minimum Gasteiger partial charge on any atom is -0.485 e. The first-order chi connectivity index (χ1) is 7.65. The minimum atomic E-state index is 0.212. The maximum atomic E-state index is 6.08. The standard InChI is InChI=1S/C13H20N2O/c1-9-6-5-7-11-13(9)16-12(8-14-3)10(2)15(11)4/h5-7,10,12,14H,8H2,1-4H3. The number of hydrogen-bond donors (Lipinski definition) is 1. The van der Waals surface area contributed by atoms with Crippen LogP contribution in [-0.2, 0) is 0 Å². The van der Waals surface area contributed by atoms with E-state index >= 15 is 0 Å². The predicted molar refractivity (Wildman–Crippen MR) is 67.4 cm³/mol. The zero-order valence-corrected chi connectivity index (χ0v) is 10.4. The normalized spacial score (nSPS) is 23.9. The second-order valence-corrected chi connectivity index (χ2v) is 4.49. The van der Waals surface area contributed by atoms with E-state index in [-0.39, 0.29) is 6.10 Å². The molecule has 3 nitrogen and oxygen atoms in total. The molecule has 1 aromatic rings. The molecule has 1 aromatic carbocycles. The number of benzene rings is 1. The molecular weight excluding hydrogens is 200 g/mol. The Morgan fingerprint density at radius 1 is 1.44 bits per heavy atom. The van der Waals surface area contributed by atoms with Crippen LogP contribution in [0.3, 0.4) is 0 Å². The third-order valence-corrected chi connectivity index (χ3v) is 3.39. The topological polar surface area (TPSA) is 24.5 Å². The van der Waals surface area contributed by atoms with E-state index in [4.69, 9.17) is 4.74 Å². The lowest BCUT2D eigenvalue weighted by Crippen LogP contribution is -2.50. The SMILES string of the molecule is CNCC1Oc2c(C)cccc2N(C)C1C. The summed E-state index contributed by atoms with van der Waals surface area (Å²) in [5, 5.41) is 3.19. The lowest BCUT2D eigenvalue weighted by atomic mass is 10.1. The molecule has 1 heterocycles. The Hall–Kier alpha value is -1.22. The van der Waals surface area contributed by atoms with Crippen LogP contribution in [0.5, 0.6) is 5.75 Å². The van der Waals surface area contributed by atoms with Crippen molar-refractivity contribution < 1.29 is 4.74 Å². The quantitative estimate of drug-likeness (QED) is 0.822. The van der Waals surface area contributed by atoms with Crippen LogP contribution in [0.15, 0.2) is 18.2 Å². The molecule has 3 heteroatoms. The Morgan fingerprint density at radius 3 is 2.88 bits per heavy atom. The summed E-state index contributed by atoms with van der Waals surface area (Å²) >= 11 is 0. The third kappa shape index (κ3) is 1.76. The Labute approximate surface area is 97.4 Å².